The summed E-state index contributed by atoms with van der Waals surface area (Å²) in [6.45, 7) is 3.31. The molecule has 0 amide bonds. The second-order valence-electron chi connectivity index (χ2n) is 5.41. The van der Waals surface area contributed by atoms with Crippen LogP contribution in [0.1, 0.15) is 38.4 Å². The number of benzene rings is 1. The van der Waals surface area contributed by atoms with E-state index >= 15 is 0 Å². The fraction of sp³-hybridized carbons (Fsp3) is 0.571. The zero-order valence-corrected chi connectivity index (χ0v) is 14.2. The minimum Gasteiger partial charge on any atom is -0.341 e. The van der Waals surface area contributed by atoms with E-state index < -0.39 is 39.8 Å². The van der Waals surface area contributed by atoms with Gasteiger partial charge in [-0.2, -0.15) is 8.42 Å². The average molecular weight is 360 g/mol. The van der Waals surface area contributed by atoms with Crippen molar-refractivity contribution >= 4 is 16.0 Å². The summed E-state index contributed by atoms with van der Waals surface area (Å²) >= 11 is 0. The van der Waals surface area contributed by atoms with Gasteiger partial charge in [-0.05, 0) is 18.9 Å². The summed E-state index contributed by atoms with van der Waals surface area (Å²) in [7, 11) is -4.16. The van der Waals surface area contributed by atoms with E-state index in [0.717, 1.165) is 0 Å². The molecular weight excluding hydrogens is 340 g/mol. The lowest BCUT2D eigenvalue weighted by molar-refractivity contribution is -0.386. The standard InChI is InChI=1S/C14H20N2O7S/c1-3-14(4-2)22-12(9-21-24(15,19)20)13(23-14)10-7-5-6-8-11(10)16(17)18/h5-8,12-13H,3-4,9H2,1-2H3,(H2,15,19,20)/t12-,13-/m0/s1. The van der Waals surface area contributed by atoms with Gasteiger partial charge in [-0.3, -0.25) is 14.3 Å². The highest BCUT2D eigenvalue weighted by Crippen LogP contribution is 2.44. The van der Waals surface area contributed by atoms with Crippen molar-refractivity contribution in [3.8, 4) is 0 Å². The first-order valence-corrected chi connectivity index (χ1v) is 8.94. The normalized spacial score (nSPS) is 23.3. The average Bonchev–Trinajstić information content (AvgIpc) is 2.92. The van der Waals surface area contributed by atoms with E-state index in [1.54, 1.807) is 18.2 Å². The number of hydrogen-bond acceptors (Lipinski definition) is 7. The summed E-state index contributed by atoms with van der Waals surface area (Å²) in [5.41, 5.74) is 0.170. The van der Waals surface area contributed by atoms with Crippen LogP contribution in [0.2, 0.25) is 0 Å². The van der Waals surface area contributed by atoms with Crippen molar-refractivity contribution in [1.82, 2.24) is 0 Å². The number of nitro groups is 1. The number of para-hydroxylation sites is 1. The monoisotopic (exact) mass is 360 g/mol. The van der Waals surface area contributed by atoms with Crippen LogP contribution in [0.15, 0.2) is 24.3 Å². The predicted octanol–water partition coefficient (Wildman–Crippen LogP) is 1.79. The summed E-state index contributed by atoms with van der Waals surface area (Å²) in [4.78, 5) is 10.7. The number of rotatable bonds is 7. The second-order valence-corrected chi connectivity index (χ2v) is 6.63. The van der Waals surface area contributed by atoms with Crippen LogP contribution in [-0.2, 0) is 24.0 Å². The largest absolute Gasteiger partial charge is 0.341 e. The maximum atomic E-state index is 11.3. The minimum atomic E-state index is -4.16. The Kier molecular flexibility index (Phi) is 5.56. The Balaban J connectivity index is 2.38. The Labute approximate surface area is 140 Å². The zero-order valence-electron chi connectivity index (χ0n) is 13.4. The first-order valence-electron chi connectivity index (χ1n) is 7.47. The van der Waals surface area contributed by atoms with E-state index in [9.17, 15) is 18.5 Å². The van der Waals surface area contributed by atoms with Gasteiger partial charge < -0.3 is 9.47 Å². The second kappa shape index (κ2) is 7.11. The number of hydrogen-bond donors (Lipinski definition) is 1. The molecule has 1 aliphatic rings. The van der Waals surface area contributed by atoms with E-state index in [0.29, 0.717) is 18.4 Å². The SMILES string of the molecule is CCC1(CC)O[C@@H](COS(N)(=O)=O)[C@H](c2ccccc2[N+](=O)[O-])O1. The van der Waals surface area contributed by atoms with Gasteiger partial charge in [0.25, 0.3) is 5.69 Å². The molecule has 1 fully saturated rings. The van der Waals surface area contributed by atoms with Crippen LogP contribution in [0.3, 0.4) is 0 Å². The molecule has 0 bridgehead atoms. The van der Waals surface area contributed by atoms with Crippen molar-refractivity contribution in [3.63, 3.8) is 0 Å². The zero-order chi connectivity index (χ0) is 18.0. The van der Waals surface area contributed by atoms with Gasteiger partial charge >= 0.3 is 10.3 Å². The Bertz CT molecular complexity index is 703. The first kappa shape index (κ1) is 18.7. The van der Waals surface area contributed by atoms with E-state index in [4.69, 9.17) is 14.6 Å². The highest BCUT2D eigenvalue weighted by molar-refractivity contribution is 7.84. The van der Waals surface area contributed by atoms with Gasteiger partial charge in [-0.1, -0.05) is 26.0 Å². The molecule has 0 spiro atoms. The van der Waals surface area contributed by atoms with Crippen LogP contribution in [0.5, 0.6) is 0 Å². The molecule has 2 N–H and O–H groups in total. The molecule has 24 heavy (non-hydrogen) atoms. The summed E-state index contributed by atoms with van der Waals surface area (Å²) in [5, 5.41) is 16.1. The third kappa shape index (κ3) is 4.08. The number of nitrogens with zero attached hydrogens (tertiary/aromatic N) is 1. The van der Waals surface area contributed by atoms with E-state index in [1.165, 1.54) is 6.07 Å². The van der Waals surface area contributed by atoms with Crippen LogP contribution < -0.4 is 5.14 Å². The van der Waals surface area contributed by atoms with Crippen LogP contribution in [0, 0.1) is 10.1 Å². The molecule has 1 heterocycles. The Morgan fingerprint density at radius 1 is 1.29 bits per heavy atom. The van der Waals surface area contributed by atoms with Crippen LogP contribution in [-0.4, -0.2) is 31.8 Å². The number of nitrogens with two attached hydrogens (primary N) is 1. The first-order chi connectivity index (χ1) is 11.2. The molecule has 1 aliphatic heterocycles. The smallest absolute Gasteiger partial charge is 0.333 e. The van der Waals surface area contributed by atoms with Gasteiger partial charge in [0.1, 0.15) is 12.2 Å². The summed E-state index contributed by atoms with van der Waals surface area (Å²) in [6.07, 6.45) is -0.698. The van der Waals surface area contributed by atoms with Crippen molar-refractivity contribution in [2.75, 3.05) is 6.61 Å². The summed E-state index contributed by atoms with van der Waals surface area (Å²) in [6, 6.07) is 6.09. The number of nitro benzene ring substituents is 1. The molecule has 1 aromatic carbocycles. The van der Waals surface area contributed by atoms with Crippen LogP contribution >= 0.6 is 0 Å². The highest BCUT2D eigenvalue weighted by Gasteiger charge is 2.48. The third-order valence-corrected chi connectivity index (χ3v) is 4.42. The van der Waals surface area contributed by atoms with E-state index in [-0.39, 0.29) is 5.69 Å². The number of ether oxygens (including phenoxy) is 2. The quantitative estimate of drug-likeness (QED) is 0.579. The maximum absolute atomic E-state index is 11.3. The molecule has 1 saturated heterocycles. The molecule has 134 valence electrons. The fourth-order valence-electron chi connectivity index (χ4n) is 2.70. The highest BCUT2D eigenvalue weighted by atomic mass is 32.2. The van der Waals surface area contributed by atoms with E-state index in [1.807, 2.05) is 13.8 Å². The minimum absolute atomic E-state index is 0.130. The van der Waals surface area contributed by atoms with Crippen molar-refractivity contribution in [2.24, 2.45) is 5.14 Å². The summed E-state index contributed by atoms with van der Waals surface area (Å²) in [5.74, 6) is -0.958. The predicted molar refractivity (Wildman–Crippen MR) is 84.2 cm³/mol. The van der Waals surface area contributed by atoms with Crippen LogP contribution in [0.25, 0.3) is 0 Å². The molecule has 0 aliphatic carbocycles. The molecule has 1 aromatic rings. The van der Waals surface area contributed by atoms with Gasteiger partial charge in [-0.25, -0.2) is 5.14 Å². The van der Waals surface area contributed by atoms with Crippen molar-refractivity contribution in [2.45, 2.75) is 44.7 Å². The third-order valence-electron chi connectivity index (χ3n) is 3.96. The molecule has 10 heteroatoms. The molecule has 2 atom stereocenters. The maximum Gasteiger partial charge on any atom is 0.333 e. The van der Waals surface area contributed by atoms with Gasteiger partial charge in [0, 0.05) is 6.07 Å². The Hall–Kier alpha value is -1.59. The molecule has 0 saturated carbocycles. The topological polar surface area (TPSA) is 131 Å². The van der Waals surface area contributed by atoms with Crippen molar-refractivity contribution in [3.05, 3.63) is 39.9 Å². The van der Waals surface area contributed by atoms with Gasteiger partial charge in [0.05, 0.1) is 17.1 Å². The van der Waals surface area contributed by atoms with Crippen LogP contribution in [0.4, 0.5) is 5.69 Å². The fourth-order valence-corrected chi connectivity index (χ4v) is 3.02. The lowest BCUT2D eigenvalue weighted by Crippen LogP contribution is -2.31. The molecule has 2 rings (SSSR count). The summed E-state index contributed by atoms with van der Waals surface area (Å²) < 4.78 is 38.6. The molecular formula is C14H20N2O7S. The Morgan fingerprint density at radius 2 is 1.92 bits per heavy atom. The van der Waals surface area contributed by atoms with Gasteiger partial charge in [0.15, 0.2) is 5.79 Å². The lowest BCUT2D eigenvalue weighted by Gasteiger charge is -2.25. The molecule has 0 aromatic heterocycles. The molecule has 9 nitrogen and oxygen atoms in total. The Morgan fingerprint density at radius 3 is 2.46 bits per heavy atom. The van der Waals surface area contributed by atoms with Crippen molar-refractivity contribution in [1.29, 1.82) is 0 Å². The molecule has 0 radical (unpaired) electrons. The van der Waals surface area contributed by atoms with Crippen molar-refractivity contribution < 1.29 is 27.0 Å². The van der Waals surface area contributed by atoms with E-state index in [2.05, 4.69) is 4.18 Å². The molecule has 0 unspecified atom stereocenters. The van der Waals surface area contributed by atoms with Gasteiger partial charge in [0.2, 0.25) is 0 Å². The van der Waals surface area contributed by atoms with Gasteiger partial charge in [-0.15, -0.1) is 0 Å². The lowest BCUT2D eigenvalue weighted by atomic mass is 10.0.